The zero-order valence-electron chi connectivity index (χ0n) is 14.4. The first-order valence-corrected chi connectivity index (χ1v) is 8.83. The van der Waals surface area contributed by atoms with Gasteiger partial charge in [0.25, 0.3) is 0 Å². The Morgan fingerprint density at radius 1 is 1.12 bits per heavy atom. The van der Waals surface area contributed by atoms with E-state index in [9.17, 15) is 4.79 Å². The van der Waals surface area contributed by atoms with E-state index in [1.807, 2.05) is 68.7 Å². The molecule has 0 saturated heterocycles. The Hall–Kier alpha value is -1.98. The largest absolute Gasteiger partial charge is 0.497 e. The summed E-state index contributed by atoms with van der Waals surface area (Å²) in [5.74, 6) is 1.30. The van der Waals surface area contributed by atoms with Crippen LogP contribution < -0.4 is 10.1 Å². The zero-order chi connectivity index (χ0) is 17.4. The number of nitrogens with one attached hydrogen (secondary N) is 1. The number of benzene rings is 2. The molecule has 5 heteroatoms. The molecular formula is C19H24N2O2S. The van der Waals surface area contributed by atoms with Gasteiger partial charge in [-0.15, -0.1) is 11.8 Å². The van der Waals surface area contributed by atoms with Gasteiger partial charge in [0.15, 0.2) is 0 Å². The molecule has 2 aromatic carbocycles. The SMILES string of the molecule is COc1ccc(C(CNC(=O)CSc2ccccc2)N(C)C)cc1. The minimum absolute atomic E-state index is 0.0456. The second-order valence-electron chi connectivity index (χ2n) is 5.66. The van der Waals surface area contributed by atoms with Gasteiger partial charge >= 0.3 is 0 Å². The van der Waals surface area contributed by atoms with Crippen LogP contribution >= 0.6 is 11.8 Å². The molecular weight excluding hydrogens is 320 g/mol. The van der Waals surface area contributed by atoms with Crippen LogP contribution in [0.25, 0.3) is 0 Å². The van der Waals surface area contributed by atoms with Crippen LogP contribution in [0.1, 0.15) is 11.6 Å². The van der Waals surface area contributed by atoms with Crippen molar-refractivity contribution in [3.63, 3.8) is 0 Å². The molecule has 0 fully saturated rings. The van der Waals surface area contributed by atoms with E-state index >= 15 is 0 Å². The first kappa shape index (κ1) is 18.4. The van der Waals surface area contributed by atoms with Crippen LogP contribution in [-0.2, 0) is 4.79 Å². The van der Waals surface area contributed by atoms with E-state index in [2.05, 4.69) is 10.2 Å². The Labute approximate surface area is 148 Å². The van der Waals surface area contributed by atoms with Crippen molar-refractivity contribution in [1.82, 2.24) is 10.2 Å². The Bertz CT molecular complexity index is 630. The molecule has 2 aromatic rings. The second kappa shape index (κ2) is 9.35. The van der Waals surface area contributed by atoms with E-state index in [-0.39, 0.29) is 11.9 Å². The molecule has 1 atom stereocenters. The number of methoxy groups -OCH3 is 1. The molecule has 0 aromatic heterocycles. The molecule has 0 spiro atoms. The topological polar surface area (TPSA) is 41.6 Å². The monoisotopic (exact) mass is 344 g/mol. The lowest BCUT2D eigenvalue weighted by molar-refractivity contribution is -0.118. The zero-order valence-corrected chi connectivity index (χ0v) is 15.2. The van der Waals surface area contributed by atoms with Crippen LogP contribution in [0.4, 0.5) is 0 Å². The number of amides is 1. The Morgan fingerprint density at radius 2 is 1.79 bits per heavy atom. The lowest BCUT2D eigenvalue weighted by Crippen LogP contribution is -2.35. The normalized spacial score (nSPS) is 12.0. The summed E-state index contributed by atoms with van der Waals surface area (Å²) in [7, 11) is 5.68. The van der Waals surface area contributed by atoms with Crippen molar-refractivity contribution in [2.45, 2.75) is 10.9 Å². The van der Waals surface area contributed by atoms with Crippen molar-refractivity contribution in [3.05, 3.63) is 60.2 Å². The van der Waals surface area contributed by atoms with Gasteiger partial charge in [-0.3, -0.25) is 4.79 Å². The first-order valence-electron chi connectivity index (χ1n) is 7.85. The number of hydrogen-bond donors (Lipinski definition) is 1. The van der Waals surface area contributed by atoms with Gasteiger partial charge in [0, 0.05) is 11.4 Å². The smallest absolute Gasteiger partial charge is 0.230 e. The summed E-state index contributed by atoms with van der Waals surface area (Å²) in [6.07, 6.45) is 0. The maximum Gasteiger partial charge on any atom is 0.230 e. The summed E-state index contributed by atoms with van der Waals surface area (Å²) in [5.41, 5.74) is 1.15. The molecule has 0 saturated carbocycles. The molecule has 1 N–H and O–H groups in total. The van der Waals surface area contributed by atoms with Crippen molar-refractivity contribution in [2.24, 2.45) is 0 Å². The number of carbonyl (C=O) groups is 1. The molecule has 0 aliphatic heterocycles. The van der Waals surface area contributed by atoms with Gasteiger partial charge in [-0.2, -0.15) is 0 Å². The number of nitrogens with zero attached hydrogens (tertiary/aromatic N) is 1. The fourth-order valence-electron chi connectivity index (χ4n) is 2.35. The lowest BCUT2D eigenvalue weighted by Gasteiger charge is -2.25. The van der Waals surface area contributed by atoms with Gasteiger partial charge in [0.1, 0.15) is 5.75 Å². The van der Waals surface area contributed by atoms with E-state index in [0.29, 0.717) is 12.3 Å². The summed E-state index contributed by atoms with van der Waals surface area (Å²) in [4.78, 5) is 15.3. The first-order chi connectivity index (χ1) is 11.6. The van der Waals surface area contributed by atoms with Crippen LogP contribution in [-0.4, -0.2) is 44.3 Å². The number of hydrogen-bond acceptors (Lipinski definition) is 4. The van der Waals surface area contributed by atoms with Gasteiger partial charge in [-0.1, -0.05) is 30.3 Å². The molecule has 24 heavy (non-hydrogen) atoms. The molecule has 0 heterocycles. The average Bonchev–Trinajstić information content (AvgIpc) is 2.61. The van der Waals surface area contributed by atoms with E-state index < -0.39 is 0 Å². The Balaban J connectivity index is 1.87. The minimum atomic E-state index is 0.0456. The van der Waals surface area contributed by atoms with Crippen LogP contribution in [0.3, 0.4) is 0 Å². The van der Waals surface area contributed by atoms with Gasteiger partial charge in [0.05, 0.1) is 18.9 Å². The summed E-state index contributed by atoms with van der Waals surface area (Å²) in [6.45, 7) is 0.577. The van der Waals surface area contributed by atoms with Crippen molar-refractivity contribution < 1.29 is 9.53 Å². The van der Waals surface area contributed by atoms with E-state index in [1.165, 1.54) is 0 Å². The number of likely N-dealkylation sites (N-methyl/N-ethyl adjacent to an activating group) is 1. The molecule has 0 aliphatic rings. The van der Waals surface area contributed by atoms with Crippen LogP contribution in [0.5, 0.6) is 5.75 Å². The lowest BCUT2D eigenvalue weighted by atomic mass is 10.1. The summed E-state index contributed by atoms with van der Waals surface area (Å²) in [6, 6.07) is 18.0. The van der Waals surface area contributed by atoms with E-state index in [1.54, 1.807) is 18.9 Å². The van der Waals surface area contributed by atoms with Crippen molar-refractivity contribution in [3.8, 4) is 5.75 Å². The highest BCUT2D eigenvalue weighted by Gasteiger charge is 2.15. The summed E-state index contributed by atoms with van der Waals surface area (Å²) < 4.78 is 5.20. The summed E-state index contributed by atoms with van der Waals surface area (Å²) >= 11 is 1.55. The van der Waals surface area contributed by atoms with Crippen molar-refractivity contribution in [1.29, 1.82) is 0 Å². The molecule has 1 amide bonds. The third kappa shape index (κ3) is 5.58. The third-order valence-corrected chi connectivity index (χ3v) is 4.74. The van der Waals surface area contributed by atoms with E-state index in [4.69, 9.17) is 4.74 Å². The van der Waals surface area contributed by atoms with Gasteiger partial charge in [0.2, 0.25) is 5.91 Å². The number of thioether (sulfide) groups is 1. The highest BCUT2D eigenvalue weighted by molar-refractivity contribution is 8.00. The minimum Gasteiger partial charge on any atom is -0.497 e. The predicted molar refractivity (Wildman–Crippen MR) is 99.6 cm³/mol. The molecule has 1 unspecified atom stereocenters. The number of carbonyl (C=O) groups excluding carboxylic acids is 1. The molecule has 0 radical (unpaired) electrons. The van der Waals surface area contributed by atoms with Crippen molar-refractivity contribution in [2.75, 3.05) is 33.5 Å². The summed E-state index contributed by atoms with van der Waals surface area (Å²) in [5, 5.41) is 3.03. The van der Waals surface area contributed by atoms with Gasteiger partial charge in [-0.05, 0) is 43.9 Å². The van der Waals surface area contributed by atoms with E-state index in [0.717, 1.165) is 16.2 Å². The number of ether oxygens (including phenoxy) is 1. The molecule has 128 valence electrons. The fraction of sp³-hybridized carbons (Fsp3) is 0.316. The quantitative estimate of drug-likeness (QED) is 0.747. The average molecular weight is 344 g/mol. The van der Waals surface area contributed by atoms with Crippen LogP contribution in [0.2, 0.25) is 0 Å². The van der Waals surface area contributed by atoms with Crippen LogP contribution in [0, 0.1) is 0 Å². The second-order valence-corrected chi connectivity index (χ2v) is 6.71. The predicted octanol–water partition coefficient (Wildman–Crippen LogP) is 3.21. The highest BCUT2D eigenvalue weighted by Crippen LogP contribution is 2.21. The van der Waals surface area contributed by atoms with Gasteiger partial charge in [-0.25, -0.2) is 0 Å². The van der Waals surface area contributed by atoms with Crippen molar-refractivity contribution >= 4 is 17.7 Å². The number of rotatable bonds is 8. The maximum absolute atomic E-state index is 12.1. The standard InChI is InChI=1S/C19H24N2O2S/c1-21(2)18(15-9-11-16(23-3)12-10-15)13-20-19(22)14-24-17-7-5-4-6-8-17/h4-12,18H,13-14H2,1-3H3,(H,20,22). The fourth-order valence-corrected chi connectivity index (χ4v) is 3.10. The Kier molecular flexibility index (Phi) is 7.15. The maximum atomic E-state index is 12.1. The molecule has 0 bridgehead atoms. The highest BCUT2D eigenvalue weighted by atomic mass is 32.2. The third-order valence-electron chi connectivity index (χ3n) is 3.73. The molecule has 2 rings (SSSR count). The Morgan fingerprint density at radius 3 is 2.38 bits per heavy atom. The molecule has 4 nitrogen and oxygen atoms in total. The van der Waals surface area contributed by atoms with Gasteiger partial charge < -0.3 is 15.0 Å². The molecule has 0 aliphatic carbocycles. The van der Waals surface area contributed by atoms with Crippen LogP contribution in [0.15, 0.2) is 59.5 Å².